The Morgan fingerprint density at radius 2 is 1.71 bits per heavy atom. The first-order valence-electron chi connectivity index (χ1n) is 10.6. The van der Waals surface area contributed by atoms with E-state index in [0.29, 0.717) is 17.9 Å². The second-order valence-electron chi connectivity index (χ2n) is 8.85. The molecule has 6 heteroatoms. The zero-order valence-electron chi connectivity index (χ0n) is 18.3. The van der Waals surface area contributed by atoms with Gasteiger partial charge in [0, 0.05) is 42.5 Å². The van der Waals surface area contributed by atoms with E-state index in [2.05, 4.69) is 79.2 Å². The standard InChI is InChI=1S/C25H29N3O.2ClH/c1-16-7-4-5-10-21(16)24-22-14-28(13-20(22)12-27(24)3)25-19(15-29)11-18-9-6-8-17(2)23(18)26-25;;/h4-11,20,22,24,29H,12-15H2,1-3H3;2*1H/t20-,22+,24+;;/m0../s1. The topological polar surface area (TPSA) is 39.6 Å². The molecular formula is C25H31Cl2N3O. The molecule has 2 aromatic carbocycles. The van der Waals surface area contributed by atoms with Crippen LogP contribution >= 0.6 is 24.8 Å². The number of aromatic nitrogens is 1. The average Bonchev–Trinajstić information content (AvgIpc) is 3.24. The van der Waals surface area contributed by atoms with Crippen molar-refractivity contribution in [2.24, 2.45) is 11.8 Å². The molecule has 0 aliphatic carbocycles. The van der Waals surface area contributed by atoms with Crippen molar-refractivity contribution in [2.45, 2.75) is 26.5 Å². The van der Waals surface area contributed by atoms with Crippen molar-refractivity contribution < 1.29 is 5.11 Å². The molecule has 2 fully saturated rings. The monoisotopic (exact) mass is 459 g/mol. The summed E-state index contributed by atoms with van der Waals surface area (Å²) in [5.41, 5.74) is 5.99. The normalized spacial score (nSPS) is 22.8. The van der Waals surface area contributed by atoms with Gasteiger partial charge in [0.05, 0.1) is 12.1 Å². The molecule has 2 saturated heterocycles. The fourth-order valence-corrected chi connectivity index (χ4v) is 5.59. The highest BCUT2D eigenvalue weighted by Crippen LogP contribution is 2.46. The van der Waals surface area contributed by atoms with Crippen molar-refractivity contribution in [3.63, 3.8) is 0 Å². The van der Waals surface area contributed by atoms with Crippen molar-refractivity contribution in [2.75, 3.05) is 31.6 Å². The lowest BCUT2D eigenvalue weighted by Crippen LogP contribution is -2.30. The molecule has 3 heterocycles. The number of benzene rings is 2. The lowest BCUT2D eigenvalue weighted by Gasteiger charge is -2.29. The number of hydrogen-bond donors (Lipinski definition) is 1. The third kappa shape index (κ3) is 4.03. The smallest absolute Gasteiger partial charge is 0.134 e. The third-order valence-electron chi connectivity index (χ3n) is 6.98. The van der Waals surface area contributed by atoms with Crippen molar-refractivity contribution in [1.82, 2.24) is 9.88 Å². The van der Waals surface area contributed by atoms with E-state index in [9.17, 15) is 5.11 Å². The first-order chi connectivity index (χ1) is 14.1. The number of fused-ring (bicyclic) bond motifs is 2. The minimum atomic E-state index is 0. The number of anilines is 1. The minimum absolute atomic E-state index is 0. The molecule has 0 bridgehead atoms. The van der Waals surface area contributed by atoms with Crippen molar-refractivity contribution in [3.05, 3.63) is 70.8 Å². The first-order valence-corrected chi connectivity index (χ1v) is 10.6. The molecule has 0 spiro atoms. The van der Waals surface area contributed by atoms with E-state index in [0.717, 1.165) is 41.9 Å². The quantitative estimate of drug-likeness (QED) is 0.602. The molecule has 0 unspecified atom stereocenters. The molecule has 3 aromatic rings. The summed E-state index contributed by atoms with van der Waals surface area (Å²) in [6.07, 6.45) is 0. The molecule has 31 heavy (non-hydrogen) atoms. The zero-order chi connectivity index (χ0) is 20.1. The number of para-hydroxylation sites is 1. The van der Waals surface area contributed by atoms with Crippen LogP contribution in [0.15, 0.2) is 48.5 Å². The SMILES string of the molecule is Cc1ccccc1[C@@H]1[C@@H]2CN(c3nc4c(C)cccc4cc3CO)C[C@@H]2CN1C.Cl.Cl. The highest BCUT2D eigenvalue weighted by Gasteiger charge is 2.47. The Bertz CT molecular complexity index is 1070. The Labute approximate surface area is 197 Å². The largest absolute Gasteiger partial charge is 0.392 e. The van der Waals surface area contributed by atoms with Crippen LogP contribution in [0.5, 0.6) is 0 Å². The molecule has 0 radical (unpaired) electrons. The van der Waals surface area contributed by atoms with E-state index < -0.39 is 0 Å². The van der Waals surface area contributed by atoms with Crippen LogP contribution in [0.3, 0.4) is 0 Å². The van der Waals surface area contributed by atoms with Crippen LogP contribution < -0.4 is 4.90 Å². The summed E-state index contributed by atoms with van der Waals surface area (Å²) in [5, 5.41) is 11.2. The summed E-state index contributed by atoms with van der Waals surface area (Å²) in [6, 6.07) is 17.6. The molecule has 3 atom stereocenters. The van der Waals surface area contributed by atoms with Crippen LogP contribution in [0.25, 0.3) is 10.9 Å². The minimum Gasteiger partial charge on any atom is -0.392 e. The Morgan fingerprint density at radius 1 is 0.968 bits per heavy atom. The Kier molecular flexibility index (Phi) is 7.17. The van der Waals surface area contributed by atoms with E-state index >= 15 is 0 Å². The van der Waals surface area contributed by atoms with Gasteiger partial charge in [0.1, 0.15) is 5.82 Å². The summed E-state index contributed by atoms with van der Waals surface area (Å²) in [4.78, 5) is 9.99. The molecule has 0 amide bonds. The van der Waals surface area contributed by atoms with E-state index in [-0.39, 0.29) is 31.4 Å². The fraction of sp³-hybridized carbons (Fsp3) is 0.400. The van der Waals surface area contributed by atoms with Gasteiger partial charge in [0.25, 0.3) is 0 Å². The molecule has 1 N–H and O–H groups in total. The van der Waals surface area contributed by atoms with Gasteiger partial charge in [-0.1, -0.05) is 42.5 Å². The Balaban J connectivity index is 0.00000136. The number of nitrogens with zero attached hydrogens (tertiary/aromatic N) is 3. The number of likely N-dealkylation sites (tertiary alicyclic amines) is 1. The van der Waals surface area contributed by atoms with Gasteiger partial charge >= 0.3 is 0 Å². The van der Waals surface area contributed by atoms with E-state index in [1.165, 1.54) is 16.7 Å². The predicted octanol–water partition coefficient (Wildman–Crippen LogP) is 4.93. The van der Waals surface area contributed by atoms with Crippen LogP contribution in [0.4, 0.5) is 5.82 Å². The van der Waals surface area contributed by atoms with Gasteiger partial charge in [-0.15, -0.1) is 24.8 Å². The predicted molar refractivity (Wildman–Crippen MR) is 133 cm³/mol. The summed E-state index contributed by atoms with van der Waals surface area (Å²) in [7, 11) is 2.26. The first kappa shape index (κ1) is 23.8. The van der Waals surface area contributed by atoms with Crippen LogP contribution in [-0.4, -0.2) is 41.7 Å². The van der Waals surface area contributed by atoms with Crippen LogP contribution in [-0.2, 0) is 6.61 Å². The van der Waals surface area contributed by atoms with Crippen LogP contribution in [0.2, 0.25) is 0 Å². The van der Waals surface area contributed by atoms with Gasteiger partial charge in [-0.2, -0.15) is 0 Å². The maximum atomic E-state index is 10.0. The average molecular weight is 460 g/mol. The Morgan fingerprint density at radius 3 is 2.45 bits per heavy atom. The van der Waals surface area contributed by atoms with Gasteiger partial charge in [0.15, 0.2) is 0 Å². The third-order valence-corrected chi connectivity index (χ3v) is 6.98. The maximum Gasteiger partial charge on any atom is 0.134 e. The maximum absolute atomic E-state index is 10.0. The Hall–Kier alpha value is -1.85. The van der Waals surface area contributed by atoms with E-state index in [1.807, 2.05) is 0 Å². The van der Waals surface area contributed by atoms with Crippen molar-refractivity contribution >= 4 is 41.5 Å². The number of aliphatic hydroxyl groups excluding tert-OH is 1. The molecule has 2 aliphatic rings. The molecule has 5 rings (SSSR count). The number of halogens is 2. The van der Waals surface area contributed by atoms with Crippen LogP contribution in [0, 0.1) is 25.7 Å². The van der Waals surface area contributed by atoms with Gasteiger partial charge in [-0.3, -0.25) is 4.90 Å². The molecular weight excluding hydrogens is 429 g/mol. The number of hydrogen-bond acceptors (Lipinski definition) is 4. The van der Waals surface area contributed by atoms with E-state index in [1.54, 1.807) is 0 Å². The van der Waals surface area contributed by atoms with Gasteiger partial charge in [0.2, 0.25) is 0 Å². The summed E-state index contributed by atoms with van der Waals surface area (Å²) >= 11 is 0. The summed E-state index contributed by atoms with van der Waals surface area (Å²) < 4.78 is 0. The molecule has 1 aromatic heterocycles. The number of rotatable bonds is 3. The second-order valence-corrected chi connectivity index (χ2v) is 8.85. The van der Waals surface area contributed by atoms with Gasteiger partial charge in [-0.05, 0) is 49.6 Å². The van der Waals surface area contributed by atoms with Crippen molar-refractivity contribution in [3.8, 4) is 0 Å². The number of aliphatic hydroxyl groups is 1. The van der Waals surface area contributed by atoms with Crippen molar-refractivity contribution in [1.29, 1.82) is 0 Å². The molecule has 0 saturated carbocycles. The lowest BCUT2D eigenvalue weighted by atomic mass is 9.88. The highest BCUT2D eigenvalue weighted by atomic mass is 35.5. The highest BCUT2D eigenvalue weighted by molar-refractivity contribution is 5.86. The second kappa shape index (κ2) is 9.33. The zero-order valence-corrected chi connectivity index (χ0v) is 19.9. The number of aryl methyl sites for hydroxylation is 2. The summed E-state index contributed by atoms with van der Waals surface area (Å²) in [6.45, 7) is 7.47. The molecule has 166 valence electrons. The molecule has 4 nitrogen and oxygen atoms in total. The van der Waals surface area contributed by atoms with Gasteiger partial charge in [-0.25, -0.2) is 4.98 Å². The summed E-state index contributed by atoms with van der Waals surface area (Å²) in [5.74, 6) is 2.18. The fourth-order valence-electron chi connectivity index (χ4n) is 5.59. The van der Waals surface area contributed by atoms with Crippen LogP contribution in [0.1, 0.15) is 28.3 Å². The number of pyridine rings is 1. The lowest BCUT2D eigenvalue weighted by molar-refractivity contribution is 0.276. The van der Waals surface area contributed by atoms with Gasteiger partial charge < -0.3 is 10.0 Å². The van der Waals surface area contributed by atoms with E-state index in [4.69, 9.17) is 4.98 Å². The molecule has 2 aliphatic heterocycles.